The minimum Gasteiger partial charge on any atom is -0.0622 e. The van der Waals surface area contributed by atoms with Crippen LogP contribution in [0.25, 0.3) is 99.1 Å². The van der Waals surface area contributed by atoms with E-state index in [1.54, 1.807) is 0 Å². The van der Waals surface area contributed by atoms with E-state index in [0.717, 1.165) is 0 Å². The van der Waals surface area contributed by atoms with Crippen molar-refractivity contribution in [2.75, 3.05) is 0 Å². The van der Waals surface area contributed by atoms with Crippen molar-refractivity contribution >= 4 is 32.3 Å². The van der Waals surface area contributed by atoms with Crippen molar-refractivity contribution in [1.82, 2.24) is 0 Å². The van der Waals surface area contributed by atoms with Crippen LogP contribution in [0.2, 0.25) is 0 Å². The van der Waals surface area contributed by atoms with Crippen LogP contribution in [0.5, 0.6) is 0 Å². The van der Waals surface area contributed by atoms with Gasteiger partial charge in [0, 0.05) is 5.41 Å². The van der Waals surface area contributed by atoms with E-state index >= 15 is 0 Å². The van der Waals surface area contributed by atoms with Gasteiger partial charge in [0.15, 0.2) is 0 Å². The molecule has 0 unspecified atom stereocenters. The molecule has 0 heteroatoms. The highest BCUT2D eigenvalue weighted by molar-refractivity contribution is 6.26. The Kier molecular flexibility index (Phi) is 5.82. The highest BCUT2D eigenvalue weighted by Crippen LogP contribution is 2.54. The third kappa shape index (κ3) is 3.91. The molecular formula is C51H34. The molecule has 0 N–H and O–H groups in total. The second kappa shape index (κ2) is 10.4. The van der Waals surface area contributed by atoms with E-state index in [0.29, 0.717) is 0 Å². The van der Waals surface area contributed by atoms with Crippen LogP contribution in [0.15, 0.2) is 170 Å². The lowest BCUT2D eigenvalue weighted by Crippen LogP contribution is -2.14. The first kappa shape index (κ1) is 28.6. The van der Waals surface area contributed by atoms with E-state index in [4.69, 9.17) is 0 Å². The van der Waals surface area contributed by atoms with Crippen molar-refractivity contribution in [2.24, 2.45) is 0 Å². The molecule has 0 saturated heterocycles. The van der Waals surface area contributed by atoms with Crippen LogP contribution >= 0.6 is 0 Å². The normalized spacial score (nSPS) is 13.5. The number of rotatable bonds is 3. The number of fused-ring (bicyclic) bond motifs is 8. The Labute approximate surface area is 298 Å². The summed E-state index contributed by atoms with van der Waals surface area (Å²) < 4.78 is 0. The molecule has 238 valence electrons. The van der Waals surface area contributed by atoms with E-state index in [1.807, 2.05) is 0 Å². The summed E-state index contributed by atoms with van der Waals surface area (Å²) in [4.78, 5) is 0. The van der Waals surface area contributed by atoms with Gasteiger partial charge >= 0.3 is 0 Å². The molecule has 0 saturated carbocycles. The highest BCUT2D eigenvalue weighted by atomic mass is 14.4. The molecule has 2 aliphatic carbocycles. The second-order valence-electron chi connectivity index (χ2n) is 14.8. The number of hydrogen-bond acceptors (Lipinski definition) is 0. The van der Waals surface area contributed by atoms with Gasteiger partial charge in [-0.25, -0.2) is 0 Å². The van der Waals surface area contributed by atoms with Crippen molar-refractivity contribution in [1.29, 1.82) is 0 Å². The monoisotopic (exact) mass is 646 g/mol. The topological polar surface area (TPSA) is 0 Å². The summed E-state index contributed by atoms with van der Waals surface area (Å²) in [6.45, 7) is 4.75. The molecule has 11 rings (SSSR count). The van der Waals surface area contributed by atoms with Crippen LogP contribution in [0.1, 0.15) is 25.0 Å². The minimum atomic E-state index is -0.0732. The summed E-state index contributed by atoms with van der Waals surface area (Å²) in [5, 5.41) is 7.80. The smallest absolute Gasteiger partial charge is 0.0159 e. The van der Waals surface area contributed by atoms with Gasteiger partial charge in [0.2, 0.25) is 0 Å². The van der Waals surface area contributed by atoms with Crippen molar-refractivity contribution in [3.05, 3.63) is 181 Å². The summed E-state index contributed by atoms with van der Waals surface area (Å²) in [7, 11) is 0. The predicted octanol–water partition coefficient (Wildman–Crippen LogP) is 14.1. The lowest BCUT2D eigenvalue weighted by atomic mass is 9.80. The molecule has 9 aromatic carbocycles. The van der Waals surface area contributed by atoms with Crippen molar-refractivity contribution in [3.8, 4) is 66.8 Å². The Morgan fingerprint density at radius 2 is 0.843 bits per heavy atom. The second-order valence-corrected chi connectivity index (χ2v) is 14.8. The zero-order chi connectivity index (χ0) is 33.8. The fourth-order valence-electron chi connectivity index (χ4n) is 9.48. The molecule has 0 bridgehead atoms. The largest absolute Gasteiger partial charge is 0.0622 e. The first-order valence-electron chi connectivity index (χ1n) is 18.0. The van der Waals surface area contributed by atoms with Gasteiger partial charge in [-0.3, -0.25) is 0 Å². The first-order chi connectivity index (χ1) is 25.1. The number of hydrogen-bond donors (Lipinski definition) is 0. The van der Waals surface area contributed by atoms with Gasteiger partial charge in [-0.05, 0) is 122 Å². The molecule has 0 fully saturated rings. The van der Waals surface area contributed by atoms with Crippen molar-refractivity contribution in [2.45, 2.75) is 19.3 Å². The third-order valence-electron chi connectivity index (χ3n) is 11.8. The molecule has 0 atom stereocenters. The van der Waals surface area contributed by atoms with Gasteiger partial charge in [-0.1, -0.05) is 172 Å². The predicted molar refractivity (Wildman–Crippen MR) is 217 cm³/mol. The van der Waals surface area contributed by atoms with Crippen molar-refractivity contribution < 1.29 is 0 Å². The maximum Gasteiger partial charge on any atom is 0.0159 e. The van der Waals surface area contributed by atoms with E-state index in [9.17, 15) is 0 Å². The lowest BCUT2D eigenvalue weighted by Gasteiger charge is -2.23. The van der Waals surface area contributed by atoms with Crippen LogP contribution in [-0.4, -0.2) is 0 Å². The van der Waals surface area contributed by atoms with E-state index in [-0.39, 0.29) is 5.41 Å². The summed E-state index contributed by atoms with van der Waals surface area (Å²) in [6.07, 6.45) is 0. The maximum absolute atomic E-state index is 2.48. The average molecular weight is 647 g/mol. The van der Waals surface area contributed by atoms with Crippen LogP contribution < -0.4 is 0 Å². The molecule has 0 radical (unpaired) electrons. The zero-order valence-corrected chi connectivity index (χ0v) is 28.7. The van der Waals surface area contributed by atoms with Crippen LogP contribution in [0.3, 0.4) is 0 Å². The molecule has 0 aliphatic heterocycles. The zero-order valence-electron chi connectivity index (χ0n) is 28.7. The summed E-state index contributed by atoms with van der Waals surface area (Å²) in [5.74, 6) is 0. The van der Waals surface area contributed by atoms with Crippen LogP contribution in [0, 0.1) is 0 Å². The summed E-state index contributed by atoms with van der Waals surface area (Å²) in [5.41, 5.74) is 18.4. The van der Waals surface area contributed by atoms with Gasteiger partial charge in [0.25, 0.3) is 0 Å². The standard InChI is InChI=1S/C51H34/c1-51(2)46-22-11-10-17-36(46)37-25-24-33(30-47(37)51)48-39-18-8-9-19-40(39)50(45-29-32(23-26-44(45)48)31-13-4-3-5-14-31)43-28-27-42-35-16-7-6-15-34(35)38-20-12-21-41(43)49(38)42/h3-30H,1-2H3. The van der Waals surface area contributed by atoms with E-state index in [2.05, 4.69) is 184 Å². The molecular weight excluding hydrogens is 613 g/mol. The molecule has 0 heterocycles. The quantitative estimate of drug-likeness (QED) is 0.168. The van der Waals surface area contributed by atoms with Gasteiger partial charge in [-0.15, -0.1) is 0 Å². The molecule has 51 heavy (non-hydrogen) atoms. The molecule has 0 spiro atoms. The highest BCUT2D eigenvalue weighted by Gasteiger charge is 2.35. The van der Waals surface area contributed by atoms with Gasteiger partial charge < -0.3 is 0 Å². The number of benzene rings is 9. The SMILES string of the molecule is CC1(C)c2ccccc2-c2ccc(-c3c4ccccc4c(-c4ccc5c6c(cccc46)-c4ccccc4-5)c4cc(-c5ccccc5)ccc34)cc21. The van der Waals surface area contributed by atoms with Crippen molar-refractivity contribution in [3.63, 3.8) is 0 Å². The fraction of sp³-hybridized carbons (Fsp3) is 0.0588. The Hall–Kier alpha value is -6.24. The van der Waals surface area contributed by atoms with Crippen LogP contribution in [0.4, 0.5) is 0 Å². The van der Waals surface area contributed by atoms with E-state index in [1.165, 1.54) is 110 Å². The Morgan fingerprint density at radius 1 is 0.294 bits per heavy atom. The molecule has 9 aromatic rings. The molecule has 0 amide bonds. The molecule has 2 aliphatic rings. The first-order valence-corrected chi connectivity index (χ1v) is 18.0. The summed E-state index contributed by atoms with van der Waals surface area (Å²) >= 11 is 0. The maximum atomic E-state index is 2.48. The van der Waals surface area contributed by atoms with Gasteiger partial charge in [0.05, 0.1) is 0 Å². The van der Waals surface area contributed by atoms with Gasteiger partial charge in [0.1, 0.15) is 0 Å². The lowest BCUT2D eigenvalue weighted by molar-refractivity contribution is 0.660. The third-order valence-corrected chi connectivity index (χ3v) is 11.8. The van der Waals surface area contributed by atoms with E-state index < -0.39 is 0 Å². The summed E-state index contributed by atoms with van der Waals surface area (Å²) in [6, 6.07) is 63.7. The Balaban J connectivity index is 1.25. The molecule has 0 nitrogen and oxygen atoms in total. The Morgan fingerprint density at radius 3 is 1.65 bits per heavy atom. The van der Waals surface area contributed by atoms with Gasteiger partial charge in [-0.2, -0.15) is 0 Å². The Bertz CT molecular complexity index is 2890. The average Bonchev–Trinajstić information content (AvgIpc) is 3.63. The fourth-order valence-corrected chi connectivity index (χ4v) is 9.48. The minimum absolute atomic E-state index is 0.0732. The van der Waals surface area contributed by atoms with Crippen LogP contribution in [-0.2, 0) is 5.41 Å². The molecule has 0 aromatic heterocycles.